The normalized spacial score (nSPS) is 15.8. The van der Waals surface area contributed by atoms with Crippen LogP contribution in [0.15, 0.2) is 77.5 Å². The minimum absolute atomic E-state index is 0.0233. The Balaban J connectivity index is 1.24. The third-order valence-corrected chi connectivity index (χ3v) is 6.28. The standard InChI is InChI=1S/C28H25F2N3O2/c29-23-7-3-19(4-8-23)14-25-16-21(11-12-31-25)28(34)33-13-1-2-22(18-33)27-32-17-26(35-27)15-20-5-9-24(30)10-6-20/h3-12,16-17,22H,1-2,13-15,18H2. The molecule has 1 unspecified atom stereocenters. The van der Waals surface area contributed by atoms with Gasteiger partial charge in [-0.3, -0.25) is 9.78 Å². The maximum atomic E-state index is 13.3. The third kappa shape index (κ3) is 5.62. The van der Waals surface area contributed by atoms with Gasteiger partial charge < -0.3 is 9.32 Å². The van der Waals surface area contributed by atoms with Crippen LogP contribution in [0, 0.1) is 11.6 Å². The molecule has 1 fully saturated rings. The summed E-state index contributed by atoms with van der Waals surface area (Å²) in [6, 6.07) is 16.2. The molecule has 1 atom stereocenters. The van der Waals surface area contributed by atoms with Gasteiger partial charge in [-0.1, -0.05) is 24.3 Å². The summed E-state index contributed by atoms with van der Waals surface area (Å²) < 4.78 is 32.3. The summed E-state index contributed by atoms with van der Waals surface area (Å²) in [7, 11) is 0. The highest BCUT2D eigenvalue weighted by Crippen LogP contribution is 2.28. The number of amides is 1. The monoisotopic (exact) mass is 473 g/mol. The zero-order chi connectivity index (χ0) is 24.2. The second kappa shape index (κ2) is 10.2. The van der Waals surface area contributed by atoms with Crippen LogP contribution in [0.4, 0.5) is 8.78 Å². The van der Waals surface area contributed by atoms with Gasteiger partial charge in [-0.25, -0.2) is 13.8 Å². The number of benzene rings is 2. The molecule has 7 heteroatoms. The lowest BCUT2D eigenvalue weighted by Gasteiger charge is -2.31. The van der Waals surface area contributed by atoms with E-state index in [2.05, 4.69) is 9.97 Å². The van der Waals surface area contributed by atoms with Gasteiger partial charge >= 0.3 is 0 Å². The molecule has 3 heterocycles. The van der Waals surface area contributed by atoms with Crippen molar-refractivity contribution in [3.05, 3.63) is 119 Å². The van der Waals surface area contributed by atoms with E-state index in [1.54, 1.807) is 48.8 Å². The van der Waals surface area contributed by atoms with Gasteiger partial charge in [-0.05, 0) is 60.4 Å². The summed E-state index contributed by atoms with van der Waals surface area (Å²) in [6.07, 6.45) is 6.17. The van der Waals surface area contributed by atoms with E-state index >= 15 is 0 Å². The van der Waals surface area contributed by atoms with E-state index in [0.717, 1.165) is 35.4 Å². The van der Waals surface area contributed by atoms with Crippen LogP contribution in [0.2, 0.25) is 0 Å². The van der Waals surface area contributed by atoms with Crippen LogP contribution in [0.3, 0.4) is 0 Å². The molecule has 178 valence electrons. The molecule has 1 aliphatic rings. The number of likely N-dealkylation sites (tertiary alicyclic amines) is 1. The minimum atomic E-state index is -0.279. The lowest BCUT2D eigenvalue weighted by molar-refractivity contribution is 0.0697. The fourth-order valence-electron chi connectivity index (χ4n) is 4.46. The number of oxazole rings is 1. The van der Waals surface area contributed by atoms with E-state index in [9.17, 15) is 13.6 Å². The van der Waals surface area contributed by atoms with Crippen LogP contribution < -0.4 is 0 Å². The van der Waals surface area contributed by atoms with Crippen molar-refractivity contribution in [3.63, 3.8) is 0 Å². The molecule has 2 aromatic heterocycles. The lowest BCUT2D eigenvalue weighted by Crippen LogP contribution is -2.39. The van der Waals surface area contributed by atoms with Crippen LogP contribution in [0.1, 0.15) is 57.6 Å². The van der Waals surface area contributed by atoms with Crippen molar-refractivity contribution in [2.24, 2.45) is 0 Å². The zero-order valence-electron chi connectivity index (χ0n) is 19.2. The number of carbonyl (C=O) groups excluding carboxylic acids is 1. The number of rotatable bonds is 6. The number of halogens is 2. The predicted molar refractivity (Wildman–Crippen MR) is 127 cm³/mol. The van der Waals surface area contributed by atoms with Gasteiger partial charge in [0, 0.05) is 43.4 Å². The van der Waals surface area contributed by atoms with Crippen molar-refractivity contribution in [2.75, 3.05) is 13.1 Å². The Hall–Kier alpha value is -3.87. The topological polar surface area (TPSA) is 59.2 Å². The molecule has 0 N–H and O–H groups in total. The van der Waals surface area contributed by atoms with Crippen molar-refractivity contribution in [3.8, 4) is 0 Å². The summed E-state index contributed by atoms with van der Waals surface area (Å²) in [5.74, 6) is 0.779. The van der Waals surface area contributed by atoms with Crippen molar-refractivity contribution >= 4 is 5.91 Å². The fraction of sp³-hybridized carbons (Fsp3) is 0.250. The van der Waals surface area contributed by atoms with Crippen molar-refractivity contribution < 1.29 is 18.0 Å². The van der Waals surface area contributed by atoms with Gasteiger partial charge in [-0.15, -0.1) is 0 Å². The van der Waals surface area contributed by atoms with E-state index in [4.69, 9.17) is 4.42 Å². The Kier molecular flexibility index (Phi) is 6.66. The second-order valence-electron chi connectivity index (χ2n) is 8.90. The number of nitrogens with zero attached hydrogens (tertiary/aromatic N) is 3. The molecular weight excluding hydrogens is 448 g/mol. The minimum Gasteiger partial charge on any atom is -0.445 e. The lowest BCUT2D eigenvalue weighted by atomic mass is 9.97. The van der Waals surface area contributed by atoms with E-state index in [-0.39, 0.29) is 23.5 Å². The average molecular weight is 474 g/mol. The van der Waals surface area contributed by atoms with Crippen LogP contribution in [-0.2, 0) is 12.8 Å². The second-order valence-corrected chi connectivity index (χ2v) is 8.90. The molecule has 1 saturated heterocycles. The third-order valence-electron chi connectivity index (χ3n) is 6.28. The molecule has 0 aliphatic carbocycles. The first kappa shape index (κ1) is 22.9. The van der Waals surface area contributed by atoms with Crippen LogP contribution in [-0.4, -0.2) is 33.9 Å². The molecule has 4 aromatic rings. The maximum absolute atomic E-state index is 13.3. The van der Waals surface area contributed by atoms with E-state index < -0.39 is 0 Å². The Morgan fingerprint density at radius 1 is 0.943 bits per heavy atom. The Bertz CT molecular complexity index is 1300. The number of piperidine rings is 1. The quantitative estimate of drug-likeness (QED) is 0.369. The maximum Gasteiger partial charge on any atom is 0.253 e. The molecule has 35 heavy (non-hydrogen) atoms. The summed E-state index contributed by atoms with van der Waals surface area (Å²) in [5, 5.41) is 0. The van der Waals surface area contributed by atoms with Crippen molar-refractivity contribution in [1.29, 1.82) is 0 Å². The Morgan fingerprint density at radius 2 is 1.63 bits per heavy atom. The molecule has 0 bridgehead atoms. The van der Waals surface area contributed by atoms with E-state index in [1.807, 2.05) is 4.90 Å². The average Bonchev–Trinajstić information content (AvgIpc) is 3.35. The largest absolute Gasteiger partial charge is 0.445 e. The SMILES string of the molecule is O=C(c1ccnc(Cc2ccc(F)cc2)c1)N1CCCC(c2ncc(Cc3ccc(F)cc3)o2)C1. The highest BCUT2D eigenvalue weighted by Gasteiger charge is 2.28. The Labute approximate surface area is 202 Å². The fourth-order valence-corrected chi connectivity index (χ4v) is 4.46. The Morgan fingerprint density at radius 3 is 2.34 bits per heavy atom. The molecule has 0 radical (unpaired) electrons. The van der Waals surface area contributed by atoms with Gasteiger partial charge in [0.05, 0.1) is 12.1 Å². The molecule has 1 amide bonds. The highest BCUT2D eigenvalue weighted by atomic mass is 19.1. The highest BCUT2D eigenvalue weighted by molar-refractivity contribution is 5.94. The van der Waals surface area contributed by atoms with Crippen LogP contribution in [0.25, 0.3) is 0 Å². The summed E-state index contributed by atoms with van der Waals surface area (Å²) in [4.78, 5) is 24.0. The van der Waals surface area contributed by atoms with Crippen LogP contribution in [0.5, 0.6) is 0 Å². The number of aromatic nitrogens is 2. The smallest absolute Gasteiger partial charge is 0.253 e. The number of pyridine rings is 1. The van der Waals surface area contributed by atoms with Gasteiger partial charge in [0.1, 0.15) is 17.4 Å². The summed E-state index contributed by atoms with van der Waals surface area (Å²) >= 11 is 0. The van der Waals surface area contributed by atoms with Crippen LogP contribution >= 0.6 is 0 Å². The zero-order valence-corrected chi connectivity index (χ0v) is 19.2. The molecule has 5 rings (SSSR count). The first-order valence-corrected chi connectivity index (χ1v) is 11.7. The molecule has 5 nitrogen and oxygen atoms in total. The van der Waals surface area contributed by atoms with E-state index in [1.165, 1.54) is 24.3 Å². The first-order valence-electron chi connectivity index (χ1n) is 11.7. The van der Waals surface area contributed by atoms with Crippen molar-refractivity contribution in [1.82, 2.24) is 14.9 Å². The summed E-state index contributed by atoms with van der Waals surface area (Å²) in [5.41, 5.74) is 3.22. The number of carbonyl (C=O) groups is 1. The first-order chi connectivity index (χ1) is 17.0. The molecular formula is C28H25F2N3O2. The van der Waals surface area contributed by atoms with Gasteiger partial charge in [0.15, 0.2) is 5.89 Å². The number of hydrogen-bond acceptors (Lipinski definition) is 4. The van der Waals surface area contributed by atoms with Gasteiger partial charge in [0.25, 0.3) is 5.91 Å². The predicted octanol–water partition coefficient (Wildman–Crippen LogP) is 5.55. The number of hydrogen-bond donors (Lipinski definition) is 0. The molecule has 2 aromatic carbocycles. The van der Waals surface area contributed by atoms with Crippen molar-refractivity contribution in [2.45, 2.75) is 31.6 Å². The molecule has 1 aliphatic heterocycles. The molecule has 0 spiro atoms. The van der Waals surface area contributed by atoms with Gasteiger partial charge in [0.2, 0.25) is 0 Å². The molecule has 0 saturated carbocycles. The summed E-state index contributed by atoms with van der Waals surface area (Å²) in [6.45, 7) is 1.21. The van der Waals surface area contributed by atoms with Gasteiger partial charge in [-0.2, -0.15) is 0 Å². The van der Waals surface area contributed by atoms with E-state index in [0.29, 0.717) is 37.4 Å².